The molecule has 0 atom stereocenters. The molecule has 1 N–H and O–H groups in total. The van der Waals surface area contributed by atoms with Crippen molar-refractivity contribution in [1.29, 1.82) is 0 Å². The van der Waals surface area contributed by atoms with Crippen LogP contribution >= 0.6 is 0 Å². The second-order valence-corrected chi connectivity index (χ2v) is 2.75. The van der Waals surface area contributed by atoms with Crippen LogP contribution in [0.5, 0.6) is 0 Å². The molecular weight excluding hydrogens is 172 g/mol. The summed E-state index contributed by atoms with van der Waals surface area (Å²) in [5.41, 5.74) is 0. The van der Waals surface area contributed by atoms with Crippen molar-refractivity contribution in [2.45, 2.75) is 11.6 Å². The topological polar surface area (TPSA) is 47.9 Å². The molecule has 1 rings (SSSR count). The average Bonchev–Trinajstić information content (AvgIpc) is 2.20. The number of hydrogen-bond acceptors (Lipinski definition) is 4. The molecule has 0 aromatic carbocycles. The zero-order valence-electron chi connectivity index (χ0n) is 7.98. The maximum absolute atomic E-state index is 9.60. The number of aliphatic hydroxyl groups is 1. The molecule has 0 aliphatic heterocycles. The minimum Gasteiger partial charge on any atom is -0.359 e. The van der Waals surface area contributed by atoms with Gasteiger partial charge in [0.15, 0.2) is 0 Å². The molecule has 0 radical (unpaired) electrons. The summed E-state index contributed by atoms with van der Waals surface area (Å²) in [6.45, 7) is 0. The Hall–Kier alpha value is -0.680. The summed E-state index contributed by atoms with van der Waals surface area (Å²) >= 11 is 0. The molecular formula is C9H14O4. The molecule has 0 spiro atoms. The highest BCUT2D eigenvalue weighted by atomic mass is 16.7. The fraction of sp³-hybridized carbons (Fsp3) is 0.556. The third-order valence-corrected chi connectivity index (χ3v) is 2.07. The smallest absolute Gasteiger partial charge is 0.207 e. The van der Waals surface area contributed by atoms with Crippen LogP contribution < -0.4 is 0 Å². The van der Waals surface area contributed by atoms with E-state index in [4.69, 9.17) is 14.2 Å². The Balaban J connectivity index is 2.83. The SMILES string of the molecule is COC1(O)C=CC(OC)(OC)C=C1. The van der Waals surface area contributed by atoms with E-state index >= 15 is 0 Å². The Kier molecular flexibility index (Phi) is 2.87. The lowest BCUT2D eigenvalue weighted by molar-refractivity contribution is -0.150. The Morgan fingerprint density at radius 3 is 1.62 bits per heavy atom. The van der Waals surface area contributed by atoms with Crippen LogP contribution in [0, 0.1) is 0 Å². The first-order valence-corrected chi connectivity index (χ1v) is 3.88. The van der Waals surface area contributed by atoms with Gasteiger partial charge in [0.2, 0.25) is 11.6 Å². The highest BCUT2D eigenvalue weighted by Crippen LogP contribution is 2.25. The maximum Gasteiger partial charge on any atom is 0.207 e. The Labute approximate surface area is 77.4 Å². The maximum atomic E-state index is 9.60. The zero-order valence-corrected chi connectivity index (χ0v) is 7.98. The van der Waals surface area contributed by atoms with Crippen LogP contribution in [0.1, 0.15) is 0 Å². The van der Waals surface area contributed by atoms with Crippen LogP contribution in [0.15, 0.2) is 24.3 Å². The molecule has 1 aliphatic rings. The summed E-state index contributed by atoms with van der Waals surface area (Å²) in [6.07, 6.45) is 6.13. The molecule has 0 saturated heterocycles. The van der Waals surface area contributed by atoms with Crippen molar-refractivity contribution >= 4 is 0 Å². The van der Waals surface area contributed by atoms with E-state index in [1.807, 2.05) is 0 Å². The lowest BCUT2D eigenvalue weighted by Crippen LogP contribution is -2.37. The largest absolute Gasteiger partial charge is 0.359 e. The first kappa shape index (κ1) is 10.4. The summed E-state index contributed by atoms with van der Waals surface area (Å²) in [4.78, 5) is 0. The average molecular weight is 186 g/mol. The Bertz CT molecular complexity index is 212. The molecule has 13 heavy (non-hydrogen) atoms. The molecule has 0 aromatic heterocycles. The molecule has 4 heteroatoms. The third kappa shape index (κ3) is 1.97. The lowest BCUT2D eigenvalue weighted by atomic mass is 10.1. The molecule has 0 heterocycles. The van der Waals surface area contributed by atoms with Crippen LogP contribution in [-0.4, -0.2) is 38.0 Å². The van der Waals surface area contributed by atoms with Crippen molar-refractivity contribution in [3.8, 4) is 0 Å². The van der Waals surface area contributed by atoms with Gasteiger partial charge in [0, 0.05) is 21.3 Å². The lowest BCUT2D eigenvalue weighted by Gasteiger charge is -2.30. The third-order valence-electron chi connectivity index (χ3n) is 2.07. The number of hydrogen-bond donors (Lipinski definition) is 1. The zero-order chi connectivity index (χ0) is 9.95. The van der Waals surface area contributed by atoms with Gasteiger partial charge >= 0.3 is 0 Å². The predicted molar refractivity (Wildman–Crippen MR) is 47.0 cm³/mol. The fourth-order valence-electron chi connectivity index (χ4n) is 1.07. The molecule has 0 saturated carbocycles. The second-order valence-electron chi connectivity index (χ2n) is 2.75. The van der Waals surface area contributed by atoms with Crippen molar-refractivity contribution in [1.82, 2.24) is 0 Å². The van der Waals surface area contributed by atoms with Gasteiger partial charge < -0.3 is 19.3 Å². The molecule has 74 valence electrons. The summed E-state index contributed by atoms with van der Waals surface area (Å²) in [6, 6.07) is 0. The first-order valence-electron chi connectivity index (χ1n) is 3.88. The quantitative estimate of drug-likeness (QED) is 0.513. The van der Waals surface area contributed by atoms with Gasteiger partial charge in [0.1, 0.15) is 0 Å². The fourth-order valence-corrected chi connectivity index (χ4v) is 1.07. The second kappa shape index (κ2) is 3.59. The Morgan fingerprint density at radius 2 is 1.31 bits per heavy atom. The molecule has 0 fully saturated rings. The van der Waals surface area contributed by atoms with Crippen LogP contribution in [0.3, 0.4) is 0 Å². The summed E-state index contributed by atoms with van der Waals surface area (Å²) in [7, 11) is 4.46. The van der Waals surface area contributed by atoms with Gasteiger partial charge in [0.05, 0.1) is 0 Å². The summed E-state index contributed by atoms with van der Waals surface area (Å²) in [5.74, 6) is -2.23. The van der Waals surface area contributed by atoms with Gasteiger partial charge in [-0.1, -0.05) is 0 Å². The van der Waals surface area contributed by atoms with Crippen molar-refractivity contribution in [3.05, 3.63) is 24.3 Å². The van der Waals surface area contributed by atoms with E-state index in [1.165, 1.54) is 33.5 Å². The van der Waals surface area contributed by atoms with Crippen LogP contribution in [0.2, 0.25) is 0 Å². The van der Waals surface area contributed by atoms with E-state index in [0.717, 1.165) is 0 Å². The molecule has 4 nitrogen and oxygen atoms in total. The van der Waals surface area contributed by atoms with Gasteiger partial charge in [0.25, 0.3) is 0 Å². The van der Waals surface area contributed by atoms with Gasteiger partial charge in [-0.2, -0.15) is 0 Å². The summed E-state index contributed by atoms with van der Waals surface area (Å²) < 4.78 is 15.0. The standard InChI is InChI=1S/C9H14O4/c1-11-8(10)4-6-9(12-2,13-3)7-5-8/h4-7,10H,1-3H3. The number of methoxy groups -OCH3 is 3. The monoisotopic (exact) mass is 186 g/mol. The van der Waals surface area contributed by atoms with E-state index in [-0.39, 0.29) is 0 Å². The highest BCUT2D eigenvalue weighted by molar-refractivity contribution is 5.23. The molecule has 1 aliphatic carbocycles. The minimum absolute atomic E-state index is 0.884. The van der Waals surface area contributed by atoms with Crippen LogP contribution in [-0.2, 0) is 14.2 Å². The number of rotatable bonds is 3. The van der Waals surface area contributed by atoms with E-state index in [2.05, 4.69) is 0 Å². The van der Waals surface area contributed by atoms with Crippen LogP contribution in [0.25, 0.3) is 0 Å². The molecule has 0 bridgehead atoms. The van der Waals surface area contributed by atoms with E-state index in [1.54, 1.807) is 12.2 Å². The van der Waals surface area contributed by atoms with Gasteiger partial charge in [-0.15, -0.1) is 0 Å². The van der Waals surface area contributed by atoms with E-state index in [9.17, 15) is 5.11 Å². The van der Waals surface area contributed by atoms with Crippen molar-refractivity contribution in [3.63, 3.8) is 0 Å². The molecule has 0 aromatic rings. The molecule has 0 unspecified atom stereocenters. The van der Waals surface area contributed by atoms with Crippen molar-refractivity contribution in [2.24, 2.45) is 0 Å². The highest BCUT2D eigenvalue weighted by Gasteiger charge is 2.32. The van der Waals surface area contributed by atoms with Gasteiger partial charge in [-0.05, 0) is 24.3 Å². The van der Waals surface area contributed by atoms with Gasteiger partial charge in [-0.3, -0.25) is 0 Å². The van der Waals surface area contributed by atoms with Crippen LogP contribution in [0.4, 0.5) is 0 Å². The number of ether oxygens (including phenoxy) is 3. The Morgan fingerprint density at radius 1 is 0.846 bits per heavy atom. The molecule has 0 amide bonds. The van der Waals surface area contributed by atoms with Crippen molar-refractivity contribution in [2.75, 3.05) is 21.3 Å². The summed E-state index contributed by atoms with van der Waals surface area (Å²) in [5, 5.41) is 9.60. The normalized spacial score (nSPS) is 23.4. The predicted octanol–water partition coefficient (Wildman–Crippen LogP) is 0.436. The van der Waals surface area contributed by atoms with Crippen molar-refractivity contribution < 1.29 is 19.3 Å². The van der Waals surface area contributed by atoms with E-state index in [0.29, 0.717) is 0 Å². The van der Waals surface area contributed by atoms with Gasteiger partial charge in [-0.25, -0.2) is 0 Å². The minimum atomic E-state index is -1.35. The first-order chi connectivity index (χ1) is 6.10. The van der Waals surface area contributed by atoms with E-state index < -0.39 is 11.6 Å².